The summed E-state index contributed by atoms with van der Waals surface area (Å²) in [6.07, 6.45) is 0. The normalized spacial score (nSPS) is 12.7. The van der Waals surface area contributed by atoms with E-state index in [0.29, 0.717) is 12.1 Å². The summed E-state index contributed by atoms with van der Waals surface area (Å²) >= 11 is 0. The smallest absolute Gasteiger partial charge is 0.0622 e. The van der Waals surface area contributed by atoms with Gasteiger partial charge in [0.1, 0.15) is 0 Å². The van der Waals surface area contributed by atoms with Gasteiger partial charge >= 0.3 is 0 Å². The molecule has 0 heteroatoms. The lowest BCUT2D eigenvalue weighted by Gasteiger charge is -1.82. The maximum atomic E-state index is 7.24. The van der Waals surface area contributed by atoms with Crippen molar-refractivity contribution >= 4 is 0 Å². The van der Waals surface area contributed by atoms with Gasteiger partial charge in [0, 0.05) is 0 Å². The van der Waals surface area contributed by atoms with Crippen LogP contribution in [0.25, 0.3) is 0 Å². The van der Waals surface area contributed by atoms with Crippen molar-refractivity contribution in [3.8, 4) is 0 Å². The summed E-state index contributed by atoms with van der Waals surface area (Å²) in [6.45, 7) is 1.78. The van der Waals surface area contributed by atoms with E-state index < -0.39 is 0 Å². The van der Waals surface area contributed by atoms with Crippen LogP contribution in [0.2, 0.25) is 0 Å². The number of rotatable bonds is 0. The van der Waals surface area contributed by atoms with Crippen molar-refractivity contribution in [2.24, 2.45) is 0 Å². The Morgan fingerprint density at radius 1 is 1.29 bits per heavy atom. The Labute approximate surface area is 46.6 Å². The maximum Gasteiger partial charge on any atom is 0.0625 e. The predicted octanol–water partition coefficient (Wildman–Crippen LogP) is 2.00. The summed E-state index contributed by atoms with van der Waals surface area (Å²) in [6, 6.07) is 5.99. The lowest BCUT2D eigenvalue weighted by molar-refractivity contribution is 1.48. The molecular formula is C7H8. The SMILES string of the molecule is [2H]c1cccc([2H])c1C. The molecule has 1 aromatic rings. The van der Waals surface area contributed by atoms with E-state index in [-0.39, 0.29) is 0 Å². The zero-order chi connectivity index (χ0) is 6.85. The van der Waals surface area contributed by atoms with Crippen LogP contribution in [-0.2, 0) is 0 Å². The molecule has 0 fully saturated rings. The van der Waals surface area contributed by atoms with E-state index >= 15 is 0 Å². The molecule has 0 heterocycles. The lowest BCUT2D eigenvalue weighted by atomic mass is 10.2. The molecule has 0 bridgehead atoms. The molecule has 1 aromatic carbocycles. The van der Waals surface area contributed by atoms with E-state index in [2.05, 4.69) is 0 Å². The molecule has 0 spiro atoms. The molecule has 0 nitrogen and oxygen atoms in total. The molecule has 36 valence electrons. The Morgan fingerprint density at radius 2 is 1.86 bits per heavy atom. The van der Waals surface area contributed by atoms with Crippen LogP contribution in [0.4, 0.5) is 0 Å². The molecule has 0 aliphatic heterocycles. The van der Waals surface area contributed by atoms with E-state index in [4.69, 9.17) is 2.74 Å². The first kappa shape index (κ1) is 2.51. The third kappa shape index (κ3) is 1.04. The predicted molar refractivity (Wildman–Crippen MR) is 31.2 cm³/mol. The van der Waals surface area contributed by atoms with Crippen LogP contribution in [0, 0.1) is 6.92 Å². The van der Waals surface area contributed by atoms with E-state index in [1.165, 1.54) is 0 Å². The largest absolute Gasteiger partial charge is 0.0625 e. The average molecular weight is 94.2 g/mol. The first-order valence-electron chi connectivity index (χ1n) is 3.24. The molecule has 1 rings (SSSR count). The van der Waals surface area contributed by atoms with Crippen molar-refractivity contribution in [3.63, 3.8) is 0 Å². The third-order valence-corrected chi connectivity index (χ3v) is 0.792. The van der Waals surface area contributed by atoms with Crippen LogP contribution in [0.3, 0.4) is 0 Å². The molecule has 0 saturated heterocycles. The summed E-state index contributed by atoms with van der Waals surface area (Å²) in [7, 11) is 0. The highest BCUT2D eigenvalue weighted by atomic mass is 13.8. The van der Waals surface area contributed by atoms with Crippen molar-refractivity contribution in [1.82, 2.24) is 0 Å². The minimum atomic E-state index is 0.447. The second-order valence-electron chi connectivity index (χ2n) is 1.44. The summed E-state index contributed by atoms with van der Waals surface area (Å²) in [5.74, 6) is 0. The molecule has 0 saturated carbocycles. The molecule has 0 radical (unpaired) electrons. The molecule has 0 amide bonds. The summed E-state index contributed by atoms with van der Waals surface area (Å²) in [5, 5.41) is 0. The van der Waals surface area contributed by atoms with Crippen LogP contribution < -0.4 is 0 Å². The number of benzene rings is 1. The number of hydrogen-bond donors (Lipinski definition) is 0. The number of hydrogen-bond acceptors (Lipinski definition) is 0. The van der Waals surface area contributed by atoms with Crippen molar-refractivity contribution in [3.05, 3.63) is 35.8 Å². The van der Waals surface area contributed by atoms with Gasteiger partial charge in [-0.15, -0.1) is 0 Å². The highest BCUT2D eigenvalue weighted by Crippen LogP contribution is 1.92. The van der Waals surface area contributed by atoms with Crippen LogP contribution in [0.5, 0.6) is 0 Å². The van der Waals surface area contributed by atoms with Crippen LogP contribution in [0.1, 0.15) is 8.30 Å². The standard InChI is InChI=1S/C7H8/c1-7-5-3-2-4-6-7/h2-6H,1H3/i5D,6D. The van der Waals surface area contributed by atoms with Gasteiger partial charge in [-0.1, -0.05) is 35.8 Å². The Bertz CT molecular complexity index is 198. The minimum Gasteiger partial charge on any atom is -0.0622 e. The molecule has 0 aliphatic rings. The van der Waals surface area contributed by atoms with E-state index in [9.17, 15) is 0 Å². The second-order valence-corrected chi connectivity index (χ2v) is 1.44. The summed E-state index contributed by atoms with van der Waals surface area (Å²) in [4.78, 5) is 0. The van der Waals surface area contributed by atoms with Gasteiger partial charge in [0.15, 0.2) is 0 Å². The second kappa shape index (κ2) is 1.78. The fourth-order valence-electron chi connectivity index (χ4n) is 0.436. The van der Waals surface area contributed by atoms with E-state index in [0.717, 1.165) is 5.56 Å². The zero-order valence-corrected chi connectivity index (χ0v) is 4.23. The molecule has 0 atom stereocenters. The average Bonchev–Trinajstić information content (AvgIpc) is 1.83. The molecular weight excluding hydrogens is 84.1 g/mol. The van der Waals surface area contributed by atoms with Crippen LogP contribution >= 0.6 is 0 Å². The summed E-state index contributed by atoms with van der Waals surface area (Å²) in [5.41, 5.74) is 0.748. The quantitative estimate of drug-likeness (QED) is 0.461. The first-order valence-corrected chi connectivity index (χ1v) is 2.24. The Balaban J connectivity index is 3.25. The van der Waals surface area contributed by atoms with Crippen molar-refractivity contribution in [2.45, 2.75) is 6.92 Å². The van der Waals surface area contributed by atoms with Gasteiger partial charge in [-0.05, 0) is 6.92 Å². The fourth-order valence-corrected chi connectivity index (χ4v) is 0.436. The van der Waals surface area contributed by atoms with Crippen LogP contribution in [-0.4, -0.2) is 0 Å². The van der Waals surface area contributed by atoms with Gasteiger partial charge in [0.05, 0.1) is 2.74 Å². The van der Waals surface area contributed by atoms with Crippen LogP contribution in [0.15, 0.2) is 30.3 Å². The van der Waals surface area contributed by atoms with Gasteiger partial charge in [-0.25, -0.2) is 0 Å². The van der Waals surface area contributed by atoms with Crippen molar-refractivity contribution in [2.75, 3.05) is 0 Å². The Morgan fingerprint density at radius 3 is 2.29 bits per heavy atom. The monoisotopic (exact) mass is 94.1 g/mol. The summed E-state index contributed by atoms with van der Waals surface area (Å²) < 4.78 is 14.5. The zero-order valence-electron chi connectivity index (χ0n) is 6.23. The Kier molecular flexibility index (Phi) is 0.639. The fraction of sp³-hybridized carbons (Fsp3) is 0.143. The minimum absolute atomic E-state index is 0.447. The van der Waals surface area contributed by atoms with Gasteiger partial charge in [-0.3, -0.25) is 0 Å². The first-order chi connectivity index (χ1) is 4.22. The van der Waals surface area contributed by atoms with Gasteiger partial charge in [0.25, 0.3) is 0 Å². The molecule has 0 aromatic heterocycles. The lowest BCUT2D eigenvalue weighted by Crippen LogP contribution is -1.62. The van der Waals surface area contributed by atoms with Gasteiger partial charge in [-0.2, -0.15) is 0 Å². The van der Waals surface area contributed by atoms with Crippen molar-refractivity contribution < 1.29 is 2.74 Å². The topological polar surface area (TPSA) is 0 Å². The highest BCUT2D eigenvalue weighted by Gasteiger charge is 1.72. The maximum absolute atomic E-state index is 7.24. The molecule has 7 heavy (non-hydrogen) atoms. The molecule has 0 aliphatic carbocycles. The third-order valence-electron chi connectivity index (χ3n) is 0.792. The van der Waals surface area contributed by atoms with Crippen molar-refractivity contribution in [1.29, 1.82) is 0 Å². The Hall–Kier alpha value is -0.780. The van der Waals surface area contributed by atoms with E-state index in [1.807, 2.05) is 0 Å². The van der Waals surface area contributed by atoms with Gasteiger partial charge < -0.3 is 0 Å². The molecule has 0 N–H and O–H groups in total. The molecule has 0 unspecified atom stereocenters. The van der Waals surface area contributed by atoms with Gasteiger partial charge in [0.2, 0.25) is 0 Å². The highest BCUT2D eigenvalue weighted by molar-refractivity contribution is 5.11. The van der Waals surface area contributed by atoms with E-state index in [1.54, 1.807) is 25.1 Å².